The van der Waals surface area contributed by atoms with Crippen molar-refractivity contribution in [3.8, 4) is 33.4 Å². The summed E-state index contributed by atoms with van der Waals surface area (Å²) < 4.78 is 0. The van der Waals surface area contributed by atoms with Crippen LogP contribution in [0.3, 0.4) is 0 Å². The first-order valence-electron chi connectivity index (χ1n) is 10.5. The predicted molar refractivity (Wildman–Crippen MR) is 133 cm³/mol. The zero-order valence-corrected chi connectivity index (χ0v) is 17.9. The second-order valence-corrected chi connectivity index (χ2v) is 8.55. The summed E-state index contributed by atoms with van der Waals surface area (Å²) in [7, 11) is 0. The maximum atomic E-state index is 2.24. The van der Waals surface area contributed by atoms with Crippen LogP contribution in [0.1, 0.15) is 0 Å². The molecule has 0 spiro atoms. The number of rotatable bonds is 5. The summed E-state index contributed by atoms with van der Waals surface area (Å²) in [6, 6.07) is 47.4. The Balaban J connectivity index is 1.59. The van der Waals surface area contributed by atoms with Crippen LogP contribution in [0, 0.1) is 0 Å². The van der Waals surface area contributed by atoms with E-state index >= 15 is 0 Å². The van der Waals surface area contributed by atoms with Gasteiger partial charge in [-0.1, -0.05) is 121 Å². The van der Waals surface area contributed by atoms with E-state index in [0.29, 0.717) is 0 Å². The van der Waals surface area contributed by atoms with Crippen molar-refractivity contribution < 1.29 is 0 Å². The lowest BCUT2D eigenvalue weighted by molar-refractivity contribution is 1.40. The minimum Gasteiger partial charge on any atom is -0.0901 e. The molecule has 0 amide bonds. The molecule has 0 atom stereocenters. The van der Waals surface area contributed by atoms with Gasteiger partial charge in [0.2, 0.25) is 0 Å². The third-order valence-corrected chi connectivity index (χ3v) is 6.37. The highest BCUT2D eigenvalue weighted by molar-refractivity contribution is 7.99. The van der Waals surface area contributed by atoms with E-state index in [4.69, 9.17) is 0 Å². The Hall–Kier alpha value is -3.55. The lowest BCUT2D eigenvalue weighted by atomic mass is 9.88. The first-order chi connectivity index (χ1) is 15.4. The zero-order valence-electron chi connectivity index (χ0n) is 17.1. The number of benzene rings is 5. The maximum absolute atomic E-state index is 2.24. The molecule has 0 aliphatic carbocycles. The minimum absolute atomic E-state index is 1.23. The summed E-state index contributed by atoms with van der Waals surface area (Å²) >= 11 is 1.79. The van der Waals surface area contributed by atoms with Crippen molar-refractivity contribution in [3.63, 3.8) is 0 Å². The van der Waals surface area contributed by atoms with Crippen LogP contribution in [0.5, 0.6) is 0 Å². The molecule has 5 rings (SSSR count). The lowest BCUT2D eigenvalue weighted by Crippen LogP contribution is -1.90. The molecule has 1 heteroatoms. The highest BCUT2D eigenvalue weighted by atomic mass is 32.2. The van der Waals surface area contributed by atoms with Gasteiger partial charge < -0.3 is 0 Å². The molecule has 31 heavy (non-hydrogen) atoms. The van der Waals surface area contributed by atoms with Crippen LogP contribution in [0.4, 0.5) is 0 Å². The zero-order chi connectivity index (χ0) is 20.9. The normalized spacial score (nSPS) is 10.7. The van der Waals surface area contributed by atoms with Crippen LogP contribution in [0.15, 0.2) is 143 Å². The van der Waals surface area contributed by atoms with Crippen LogP contribution in [0.25, 0.3) is 33.4 Å². The van der Waals surface area contributed by atoms with E-state index in [2.05, 4.69) is 133 Å². The van der Waals surface area contributed by atoms with E-state index in [1.54, 1.807) is 11.8 Å². The topological polar surface area (TPSA) is 0 Å². The summed E-state index contributed by atoms with van der Waals surface area (Å²) in [4.78, 5) is 2.50. The van der Waals surface area contributed by atoms with Crippen molar-refractivity contribution in [2.24, 2.45) is 0 Å². The summed E-state index contributed by atoms with van der Waals surface area (Å²) in [5.41, 5.74) is 7.49. The average molecular weight is 415 g/mol. The van der Waals surface area contributed by atoms with Crippen LogP contribution in [-0.2, 0) is 0 Å². The quantitative estimate of drug-likeness (QED) is 0.277. The minimum atomic E-state index is 1.23. The van der Waals surface area contributed by atoms with Crippen LogP contribution in [-0.4, -0.2) is 0 Å². The van der Waals surface area contributed by atoms with Gasteiger partial charge in [0.1, 0.15) is 0 Å². The van der Waals surface area contributed by atoms with Gasteiger partial charge >= 0.3 is 0 Å². The van der Waals surface area contributed by atoms with Crippen molar-refractivity contribution >= 4 is 11.8 Å². The van der Waals surface area contributed by atoms with Gasteiger partial charge in [-0.25, -0.2) is 0 Å². The summed E-state index contributed by atoms with van der Waals surface area (Å²) in [6.07, 6.45) is 0. The van der Waals surface area contributed by atoms with Crippen molar-refractivity contribution in [1.29, 1.82) is 0 Å². The third-order valence-electron chi connectivity index (χ3n) is 5.36. The van der Waals surface area contributed by atoms with Gasteiger partial charge in [-0.15, -0.1) is 0 Å². The fraction of sp³-hybridized carbons (Fsp3) is 0. The molecule has 0 saturated carbocycles. The van der Waals surface area contributed by atoms with E-state index in [9.17, 15) is 0 Å². The van der Waals surface area contributed by atoms with Crippen LogP contribution in [0.2, 0.25) is 0 Å². The van der Waals surface area contributed by atoms with Crippen LogP contribution < -0.4 is 0 Å². The maximum Gasteiger partial charge on any atom is 0.0122 e. The molecule has 0 unspecified atom stereocenters. The van der Waals surface area contributed by atoms with Crippen LogP contribution >= 0.6 is 11.8 Å². The molecule has 0 aliphatic rings. The first-order valence-corrected chi connectivity index (χ1v) is 11.3. The van der Waals surface area contributed by atoms with Crippen molar-refractivity contribution in [3.05, 3.63) is 133 Å². The molecule has 0 nitrogen and oxygen atoms in total. The van der Waals surface area contributed by atoms with Gasteiger partial charge in [-0.2, -0.15) is 0 Å². The summed E-state index contributed by atoms with van der Waals surface area (Å²) in [5, 5.41) is 0. The van der Waals surface area contributed by atoms with Gasteiger partial charge in [0.25, 0.3) is 0 Å². The molecule has 0 N–H and O–H groups in total. The first kappa shape index (κ1) is 19.4. The van der Waals surface area contributed by atoms with E-state index < -0.39 is 0 Å². The van der Waals surface area contributed by atoms with Gasteiger partial charge in [0.05, 0.1) is 0 Å². The predicted octanol–water partition coefficient (Wildman–Crippen LogP) is 8.84. The van der Waals surface area contributed by atoms with E-state index in [1.807, 2.05) is 0 Å². The van der Waals surface area contributed by atoms with Gasteiger partial charge in [-0.05, 0) is 57.6 Å². The molecule has 0 fully saturated rings. The monoisotopic (exact) mass is 414 g/mol. The molecule has 5 aromatic rings. The SMILES string of the molecule is c1ccc(Sc2ccc(-c3cccc(-c4ccccc4)c3-c3ccccc3)cc2)cc1. The summed E-state index contributed by atoms with van der Waals surface area (Å²) in [5.74, 6) is 0. The Morgan fingerprint density at radius 3 is 1.35 bits per heavy atom. The molecule has 5 aromatic carbocycles. The number of hydrogen-bond donors (Lipinski definition) is 0. The third kappa shape index (κ3) is 4.33. The average Bonchev–Trinajstić information content (AvgIpc) is 2.86. The second kappa shape index (κ2) is 9.07. The van der Waals surface area contributed by atoms with Crippen molar-refractivity contribution in [2.75, 3.05) is 0 Å². The van der Waals surface area contributed by atoms with Gasteiger partial charge in [0, 0.05) is 9.79 Å². The molecular formula is C30H22S. The number of hydrogen-bond acceptors (Lipinski definition) is 1. The Morgan fingerprint density at radius 1 is 0.323 bits per heavy atom. The lowest BCUT2D eigenvalue weighted by Gasteiger charge is -2.16. The molecule has 0 bridgehead atoms. The van der Waals surface area contributed by atoms with Crippen molar-refractivity contribution in [1.82, 2.24) is 0 Å². The molecule has 0 aromatic heterocycles. The van der Waals surface area contributed by atoms with E-state index in [0.717, 1.165) is 0 Å². The molecule has 148 valence electrons. The molecular weight excluding hydrogens is 392 g/mol. The van der Waals surface area contributed by atoms with E-state index in [1.165, 1.54) is 43.2 Å². The molecule has 0 heterocycles. The largest absolute Gasteiger partial charge is 0.0901 e. The van der Waals surface area contributed by atoms with Gasteiger partial charge in [0.15, 0.2) is 0 Å². The second-order valence-electron chi connectivity index (χ2n) is 7.40. The molecule has 0 saturated heterocycles. The Bertz CT molecular complexity index is 1260. The summed E-state index contributed by atoms with van der Waals surface area (Å²) in [6.45, 7) is 0. The smallest absolute Gasteiger partial charge is 0.0122 e. The fourth-order valence-corrected chi connectivity index (χ4v) is 4.73. The Morgan fingerprint density at radius 2 is 0.774 bits per heavy atom. The van der Waals surface area contributed by atoms with Gasteiger partial charge in [-0.3, -0.25) is 0 Å². The highest BCUT2D eigenvalue weighted by Gasteiger charge is 2.13. The van der Waals surface area contributed by atoms with Crippen molar-refractivity contribution in [2.45, 2.75) is 9.79 Å². The molecule has 0 aliphatic heterocycles. The Labute approximate surface area is 188 Å². The molecule has 0 radical (unpaired) electrons. The highest BCUT2D eigenvalue weighted by Crippen LogP contribution is 2.40. The fourth-order valence-electron chi connectivity index (χ4n) is 3.89. The van der Waals surface area contributed by atoms with E-state index in [-0.39, 0.29) is 0 Å². The standard InChI is InChI=1S/C30H22S/c1-4-11-23(12-5-1)28-17-10-18-29(30(28)25-13-6-2-7-14-25)24-19-21-27(22-20-24)31-26-15-8-3-9-16-26/h1-22H. The Kier molecular flexibility index (Phi) is 5.68.